The summed E-state index contributed by atoms with van der Waals surface area (Å²) < 4.78 is 0. The van der Waals surface area contributed by atoms with Crippen molar-refractivity contribution in [3.63, 3.8) is 0 Å². The zero-order valence-corrected chi connectivity index (χ0v) is 9.88. The molecule has 0 bridgehead atoms. The van der Waals surface area contributed by atoms with Crippen molar-refractivity contribution in [2.45, 2.75) is 13.3 Å². The largest absolute Gasteiger partial charge is 0.504 e. The molecule has 0 aliphatic rings. The molecular formula is C14H14O4. The lowest BCUT2D eigenvalue weighted by molar-refractivity contribution is 0.394. The van der Waals surface area contributed by atoms with E-state index in [1.165, 1.54) is 6.07 Å². The van der Waals surface area contributed by atoms with E-state index in [4.69, 9.17) is 0 Å². The van der Waals surface area contributed by atoms with E-state index in [9.17, 15) is 20.4 Å². The van der Waals surface area contributed by atoms with Crippen molar-refractivity contribution >= 4 is 0 Å². The van der Waals surface area contributed by atoms with Crippen molar-refractivity contribution in [1.29, 1.82) is 0 Å². The fourth-order valence-corrected chi connectivity index (χ4v) is 1.79. The molecule has 0 fully saturated rings. The van der Waals surface area contributed by atoms with E-state index in [1.807, 2.05) is 0 Å². The minimum absolute atomic E-state index is 0.160. The van der Waals surface area contributed by atoms with E-state index in [0.717, 1.165) is 0 Å². The van der Waals surface area contributed by atoms with Crippen molar-refractivity contribution in [3.8, 4) is 23.0 Å². The van der Waals surface area contributed by atoms with E-state index in [0.29, 0.717) is 16.7 Å². The number of hydrogen-bond acceptors (Lipinski definition) is 4. The van der Waals surface area contributed by atoms with E-state index in [-0.39, 0.29) is 29.4 Å². The van der Waals surface area contributed by atoms with Crippen molar-refractivity contribution in [2.75, 3.05) is 0 Å². The first kappa shape index (κ1) is 12.1. The number of para-hydroxylation sites is 1. The maximum Gasteiger partial charge on any atom is 0.161 e. The standard InChI is InChI=1S/C14H14O4/c1-8-5-6-10(14(18)12(8)16)7-9-3-2-4-11(15)13(9)17/h2-6,15-18H,7H2,1H3. The zero-order chi connectivity index (χ0) is 13.3. The summed E-state index contributed by atoms with van der Waals surface area (Å²) in [5, 5.41) is 38.5. The van der Waals surface area contributed by atoms with Gasteiger partial charge in [-0.1, -0.05) is 24.3 Å². The summed E-state index contributed by atoms with van der Waals surface area (Å²) in [5.74, 6) is -0.773. The van der Waals surface area contributed by atoms with E-state index < -0.39 is 0 Å². The van der Waals surface area contributed by atoms with Gasteiger partial charge in [0.1, 0.15) is 0 Å². The Hall–Kier alpha value is -2.36. The van der Waals surface area contributed by atoms with Gasteiger partial charge < -0.3 is 20.4 Å². The van der Waals surface area contributed by atoms with Gasteiger partial charge in [0, 0.05) is 17.5 Å². The lowest BCUT2D eigenvalue weighted by Crippen LogP contribution is -1.91. The number of aryl methyl sites for hydroxylation is 1. The maximum atomic E-state index is 9.81. The molecule has 94 valence electrons. The number of hydrogen-bond donors (Lipinski definition) is 4. The molecule has 0 saturated heterocycles. The monoisotopic (exact) mass is 246 g/mol. The Bertz CT molecular complexity index is 591. The first-order valence-corrected chi connectivity index (χ1v) is 5.51. The Balaban J connectivity index is 2.41. The molecule has 2 aromatic carbocycles. The lowest BCUT2D eigenvalue weighted by atomic mass is 10.0. The van der Waals surface area contributed by atoms with Crippen molar-refractivity contribution in [1.82, 2.24) is 0 Å². The summed E-state index contributed by atoms with van der Waals surface area (Å²) in [6.07, 6.45) is 0.222. The molecule has 0 spiro atoms. The summed E-state index contributed by atoms with van der Waals surface area (Å²) in [4.78, 5) is 0. The van der Waals surface area contributed by atoms with Crippen LogP contribution < -0.4 is 0 Å². The number of phenols is 4. The molecule has 0 amide bonds. The number of rotatable bonds is 2. The molecule has 0 aliphatic heterocycles. The molecular weight excluding hydrogens is 232 g/mol. The molecule has 4 heteroatoms. The first-order valence-electron chi connectivity index (χ1n) is 5.51. The zero-order valence-electron chi connectivity index (χ0n) is 9.88. The second kappa shape index (κ2) is 4.49. The summed E-state index contributed by atoms with van der Waals surface area (Å²) in [5.41, 5.74) is 1.55. The quantitative estimate of drug-likeness (QED) is 0.613. The molecule has 4 N–H and O–H groups in total. The first-order chi connectivity index (χ1) is 8.50. The van der Waals surface area contributed by atoms with Crippen LogP contribution in [0.4, 0.5) is 0 Å². The minimum atomic E-state index is -0.211. The van der Waals surface area contributed by atoms with Crippen LogP contribution in [-0.4, -0.2) is 20.4 Å². The van der Waals surface area contributed by atoms with Crippen LogP contribution in [0.5, 0.6) is 23.0 Å². The summed E-state index contributed by atoms with van der Waals surface area (Å²) in [6, 6.07) is 7.99. The van der Waals surface area contributed by atoms with Crippen LogP contribution in [0.3, 0.4) is 0 Å². The Kier molecular flexibility index (Phi) is 3.02. The Morgan fingerprint density at radius 2 is 1.44 bits per heavy atom. The van der Waals surface area contributed by atoms with E-state index in [1.54, 1.807) is 31.2 Å². The maximum absolute atomic E-state index is 9.81. The topological polar surface area (TPSA) is 80.9 Å². The third-order valence-electron chi connectivity index (χ3n) is 2.92. The van der Waals surface area contributed by atoms with Crippen molar-refractivity contribution in [3.05, 3.63) is 47.0 Å². The summed E-state index contributed by atoms with van der Waals surface area (Å²) in [7, 11) is 0. The van der Waals surface area contributed by atoms with Gasteiger partial charge in [0.05, 0.1) is 0 Å². The number of aromatic hydroxyl groups is 4. The van der Waals surface area contributed by atoms with Gasteiger partial charge in [0.2, 0.25) is 0 Å². The van der Waals surface area contributed by atoms with Gasteiger partial charge in [-0.3, -0.25) is 0 Å². The highest BCUT2D eigenvalue weighted by Gasteiger charge is 2.12. The van der Waals surface area contributed by atoms with Gasteiger partial charge in [-0.15, -0.1) is 0 Å². The molecule has 0 saturated carbocycles. The van der Waals surface area contributed by atoms with Crippen LogP contribution in [0.1, 0.15) is 16.7 Å². The van der Waals surface area contributed by atoms with Crippen LogP contribution in [0.15, 0.2) is 30.3 Å². The molecule has 18 heavy (non-hydrogen) atoms. The number of phenolic OH excluding ortho intramolecular Hbond substituents is 4. The van der Waals surface area contributed by atoms with Gasteiger partial charge in [-0.2, -0.15) is 0 Å². The molecule has 0 atom stereocenters. The molecule has 0 aromatic heterocycles. The lowest BCUT2D eigenvalue weighted by Gasteiger charge is -2.10. The van der Waals surface area contributed by atoms with Gasteiger partial charge in [0.15, 0.2) is 23.0 Å². The smallest absolute Gasteiger partial charge is 0.161 e. The third-order valence-corrected chi connectivity index (χ3v) is 2.92. The Labute approximate surface area is 104 Å². The normalized spacial score (nSPS) is 10.5. The summed E-state index contributed by atoms with van der Waals surface area (Å²) in [6.45, 7) is 1.69. The average Bonchev–Trinajstić information content (AvgIpc) is 2.35. The van der Waals surface area contributed by atoms with Gasteiger partial charge in [-0.25, -0.2) is 0 Å². The Morgan fingerprint density at radius 3 is 2.17 bits per heavy atom. The minimum Gasteiger partial charge on any atom is -0.504 e. The van der Waals surface area contributed by atoms with Crippen molar-refractivity contribution < 1.29 is 20.4 Å². The highest BCUT2D eigenvalue weighted by molar-refractivity contribution is 5.53. The van der Waals surface area contributed by atoms with E-state index >= 15 is 0 Å². The van der Waals surface area contributed by atoms with Crippen molar-refractivity contribution in [2.24, 2.45) is 0 Å². The van der Waals surface area contributed by atoms with Gasteiger partial charge in [-0.05, 0) is 18.6 Å². The average molecular weight is 246 g/mol. The molecule has 0 radical (unpaired) electrons. The highest BCUT2D eigenvalue weighted by Crippen LogP contribution is 2.36. The SMILES string of the molecule is Cc1ccc(Cc2cccc(O)c2O)c(O)c1O. The third kappa shape index (κ3) is 2.05. The second-order valence-electron chi connectivity index (χ2n) is 4.20. The molecule has 0 unspecified atom stereocenters. The molecule has 2 aromatic rings. The molecule has 0 heterocycles. The van der Waals surface area contributed by atoms with Crippen LogP contribution in [0, 0.1) is 6.92 Å². The predicted molar refractivity (Wildman–Crippen MR) is 67.1 cm³/mol. The van der Waals surface area contributed by atoms with Gasteiger partial charge in [0.25, 0.3) is 0 Å². The van der Waals surface area contributed by atoms with Crippen LogP contribution in [0.25, 0.3) is 0 Å². The Morgan fingerprint density at radius 1 is 0.778 bits per heavy atom. The number of benzene rings is 2. The van der Waals surface area contributed by atoms with E-state index in [2.05, 4.69) is 0 Å². The fraction of sp³-hybridized carbons (Fsp3) is 0.143. The van der Waals surface area contributed by atoms with Gasteiger partial charge >= 0.3 is 0 Å². The fourth-order valence-electron chi connectivity index (χ4n) is 1.79. The predicted octanol–water partition coefficient (Wildman–Crippen LogP) is 2.41. The van der Waals surface area contributed by atoms with Crippen LogP contribution in [0.2, 0.25) is 0 Å². The van der Waals surface area contributed by atoms with Crippen LogP contribution in [-0.2, 0) is 6.42 Å². The molecule has 4 nitrogen and oxygen atoms in total. The molecule has 0 aliphatic carbocycles. The van der Waals surface area contributed by atoms with Crippen LogP contribution >= 0.6 is 0 Å². The summed E-state index contributed by atoms with van der Waals surface area (Å²) >= 11 is 0. The second-order valence-corrected chi connectivity index (χ2v) is 4.20. The highest BCUT2D eigenvalue weighted by atomic mass is 16.3. The molecule has 2 rings (SSSR count).